The van der Waals surface area contributed by atoms with Gasteiger partial charge in [0.05, 0.1) is 11.8 Å². The first-order valence-corrected chi connectivity index (χ1v) is 5.87. The third-order valence-electron chi connectivity index (χ3n) is 4.87. The van der Waals surface area contributed by atoms with Gasteiger partial charge in [-0.15, -0.1) is 0 Å². The zero-order valence-electron chi connectivity index (χ0n) is 9.82. The van der Waals surface area contributed by atoms with Crippen molar-refractivity contribution in [1.29, 1.82) is 0 Å². The van der Waals surface area contributed by atoms with E-state index >= 15 is 0 Å². The molecular weight excluding hydrogens is 204 g/mol. The highest BCUT2D eigenvalue weighted by atomic mass is 16.6. The Morgan fingerprint density at radius 2 is 1.88 bits per heavy atom. The Hall–Kier alpha value is -1.12. The van der Waals surface area contributed by atoms with Gasteiger partial charge in [0.2, 0.25) is 0 Å². The van der Waals surface area contributed by atoms with Gasteiger partial charge in [0.1, 0.15) is 0 Å². The van der Waals surface area contributed by atoms with Crippen LogP contribution in [0.1, 0.15) is 27.2 Å². The molecule has 1 saturated carbocycles. The van der Waals surface area contributed by atoms with Crippen LogP contribution >= 0.6 is 0 Å². The molecule has 0 spiro atoms. The average Bonchev–Trinajstić information content (AvgIpc) is 2.75. The van der Waals surface area contributed by atoms with E-state index in [0.717, 1.165) is 6.42 Å². The summed E-state index contributed by atoms with van der Waals surface area (Å²) in [6.07, 6.45) is 5.18. The van der Waals surface area contributed by atoms with E-state index < -0.39 is 0 Å². The lowest BCUT2D eigenvalue weighted by molar-refractivity contribution is -0.156. The van der Waals surface area contributed by atoms with E-state index in [4.69, 9.17) is 4.74 Å². The second kappa shape index (κ2) is 2.58. The molecule has 1 aliphatic heterocycles. The Morgan fingerprint density at radius 1 is 1.25 bits per heavy atom. The summed E-state index contributed by atoms with van der Waals surface area (Å²) < 4.78 is 4.83. The molecule has 3 aliphatic rings. The van der Waals surface area contributed by atoms with Crippen molar-refractivity contribution in [3.05, 3.63) is 12.2 Å². The second-order valence-electron chi connectivity index (χ2n) is 5.98. The maximum atomic E-state index is 11.8. The van der Waals surface area contributed by atoms with Crippen molar-refractivity contribution >= 4 is 11.9 Å². The molecule has 0 unspecified atom stereocenters. The van der Waals surface area contributed by atoms with Gasteiger partial charge in [-0.1, -0.05) is 32.9 Å². The number of carbonyl (C=O) groups excluding carboxylic acids is 2. The fraction of sp³-hybridized carbons (Fsp3) is 0.692. The van der Waals surface area contributed by atoms with Crippen molar-refractivity contribution in [3.63, 3.8) is 0 Å². The summed E-state index contributed by atoms with van der Waals surface area (Å²) in [5, 5.41) is 0. The van der Waals surface area contributed by atoms with E-state index in [9.17, 15) is 9.59 Å². The maximum Gasteiger partial charge on any atom is 0.318 e. The largest absolute Gasteiger partial charge is 0.393 e. The van der Waals surface area contributed by atoms with Crippen molar-refractivity contribution in [2.24, 2.45) is 28.6 Å². The lowest BCUT2D eigenvalue weighted by Crippen LogP contribution is -2.35. The summed E-state index contributed by atoms with van der Waals surface area (Å²) in [6, 6.07) is 0. The zero-order valence-corrected chi connectivity index (χ0v) is 9.82. The van der Waals surface area contributed by atoms with E-state index in [1.807, 2.05) is 0 Å². The van der Waals surface area contributed by atoms with Crippen molar-refractivity contribution in [3.8, 4) is 0 Å². The smallest absolute Gasteiger partial charge is 0.318 e. The summed E-state index contributed by atoms with van der Waals surface area (Å²) >= 11 is 0. The first-order valence-electron chi connectivity index (χ1n) is 5.87. The number of esters is 2. The molecule has 4 atom stereocenters. The van der Waals surface area contributed by atoms with Crippen molar-refractivity contribution in [1.82, 2.24) is 0 Å². The molecule has 3 heteroatoms. The highest BCUT2D eigenvalue weighted by Gasteiger charge is 2.70. The molecule has 2 aliphatic carbocycles. The number of hydrogen-bond acceptors (Lipinski definition) is 3. The van der Waals surface area contributed by atoms with Crippen molar-refractivity contribution in [2.45, 2.75) is 27.2 Å². The standard InChI is InChI=1S/C13H16O3/c1-7(2)13-5-4-12(3,6-13)8-9(13)11(15)16-10(8)14/h4-5,7-9H,6H2,1-3H3/t8-,9+,12-,13+/m1/s1. The summed E-state index contributed by atoms with van der Waals surface area (Å²) in [7, 11) is 0. The van der Waals surface area contributed by atoms with Crippen LogP contribution in [0.15, 0.2) is 12.2 Å². The Labute approximate surface area is 94.8 Å². The lowest BCUT2D eigenvalue weighted by Gasteiger charge is -2.33. The molecule has 86 valence electrons. The molecule has 0 radical (unpaired) electrons. The van der Waals surface area contributed by atoms with Gasteiger partial charge in [-0.25, -0.2) is 0 Å². The highest BCUT2D eigenvalue weighted by molar-refractivity contribution is 5.99. The first kappa shape index (κ1) is 10.1. The second-order valence-corrected chi connectivity index (χ2v) is 5.98. The molecule has 2 bridgehead atoms. The predicted octanol–water partition coefficient (Wildman–Crippen LogP) is 1.92. The Morgan fingerprint density at radius 3 is 2.50 bits per heavy atom. The summed E-state index contributed by atoms with van der Waals surface area (Å²) in [4.78, 5) is 23.6. The molecule has 16 heavy (non-hydrogen) atoms. The monoisotopic (exact) mass is 220 g/mol. The molecule has 0 aromatic carbocycles. The normalized spacial score (nSPS) is 49.0. The molecule has 3 rings (SSSR count). The number of allylic oxidation sites excluding steroid dienone is 2. The quantitative estimate of drug-likeness (QED) is 0.385. The molecule has 0 aromatic heterocycles. The minimum atomic E-state index is -0.315. The van der Waals surface area contributed by atoms with Gasteiger partial charge < -0.3 is 4.74 Å². The highest BCUT2D eigenvalue weighted by Crippen LogP contribution is 2.67. The summed E-state index contributed by atoms with van der Waals surface area (Å²) in [6.45, 7) is 6.31. The summed E-state index contributed by atoms with van der Waals surface area (Å²) in [5.41, 5.74) is -0.319. The molecule has 0 N–H and O–H groups in total. The van der Waals surface area contributed by atoms with Crippen LogP contribution in [0.5, 0.6) is 0 Å². The van der Waals surface area contributed by atoms with Crippen molar-refractivity contribution < 1.29 is 14.3 Å². The van der Waals surface area contributed by atoms with Crippen LogP contribution in [0.3, 0.4) is 0 Å². The topological polar surface area (TPSA) is 43.4 Å². The van der Waals surface area contributed by atoms with Gasteiger partial charge in [-0.2, -0.15) is 0 Å². The molecule has 3 nitrogen and oxygen atoms in total. The number of cyclic esters (lactones) is 2. The van der Waals surface area contributed by atoms with Gasteiger partial charge in [0.15, 0.2) is 0 Å². The van der Waals surface area contributed by atoms with Crippen LogP contribution in [0.4, 0.5) is 0 Å². The van der Waals surface area contributed by atoms with Crippen molar-refractivity contribution in [2.75, 3.05) is 0 Å². The molecular formula is C13H16O3. The number of rotatable bonds is 1. The SMILES string of the molecule is CC(C)[C@]12C=C[C@](C)(C1)[C@H]1C(=O)OC(=O)[C@H]12. The summed E-state index contributed by atoms with van der Waals surface area (Å²) in [5.74, 6) is -0.748. The van der Waals surface area contributed by atoms with Crippen LogP contribution in [0.25, 0.3) is 0 Å². The van der Waals surface area contributed by atoms with E-state index in [2.05, 4.69) is 32.9 Å². The minimum absolute atomic E-state index is 0.150. The molecule has 0 aromatic rings. The molecule has 0 amide bonds. The molecule has 1 heterocycles. The van der Waals surface area contributed by atoms with E-state index in [0.29, 0.717) is 5.92 Å². The Kier molecular flexibility index (Phi) is 1.62. The average molecular weight is 220 g/mol. The van der Waals surface area contributed by atoms with Crippen LogP contribution in [-0.4, -0.2) is 11.9 Å². The number of carbonyl (C=O) groups is 2. The molecule has 1 saturated heterocycles. The van der Waals surface area contributed by atoms with Crippen LogP contribution < -0.4 is 0 Å². The first-order chi connectivity index (χ1) is 7.41. The van der Waals surface area contributed by atoms with E-state index in [1.165, 1.54) is 0 Å². The van der Waals surface area contributed by atoms with Gasteiger partial charge in [0.25, 0.3) is 0 Å². The molecule has 2 fully saturated rings. The van der Waals surface area contributed by atoms with Gasteiger partial charge in [-0.3, -0.25) is 9.59 Å². The number of fused-ring (bicyclic) bond motifs is 5. The fourth-order valence-corrected chi connectivity index (χ4v) is 3.98. The number of ether oxygens (including phenoxy) is 1. The van der Waals surface area contributed by atoms with E-state index in [-0.39, 0.29) is 34.6 Å². The predicted molar refractivity (Wildman–Crippen MR) is 57.2 cm³/mol. The third kappa shape index (κ3) is 0.864. The Balaban J connectivity index is 2.17. The third-order valence-corrected chi connectivity index (χ3v) is 4.87. The van der Waals surface area contributed by atoms with Crippen LogP contribution in [0.2, 0.25) is 0 Å². The number of hydrogen-bond donors (Lipinski definition) is 0. The Bertz CT molecular complexity index is 423. The zero-order chi connectivity index (χ0) is 11.7. The van der Waals surface area contributed by atoms with Gasteiger partial charge in [0, 0.05) is 10.8 Å². The van der Waals surface area contributed by atoms with Crippen LogP contribution in [-0.2, 0) is 14.3 Å². The lowest BCUT2D eigenvalue weighted by atomic mass is 9.67. The maximum absolute atomic E-state index is 11.8. The van der Waals surface area contributed by atoms with Gasteiger partial charge >= 0.3 is 11.9 Å². The minimum Gasteiger partial charge on any atom is -0.393 e. The fourth-order valence-electron chi connectivity index (χ4n) is 3.98. The van der Waals surface area contributed by atoms with Crippen LogP contribution in [0, 0.1) is 28.6 Å². The van der Waals surface area contributed by atoms with Gasteiger partial charge in [-0.05, 0) is 12.3 Å². The van der Waals surface area contributed by atoms with E-state index in [1.54, 1.807) is 0 Å².